The van der Waals surface area contributed by atoms with E-state index in [0.717, 1.165) is 0 Å². The largest absolute Gasteiger partial charge is 0.471 e. The number of hydrogen-bond donors (Lipinski definition) is 1. The molecule has 2 rings (SSSR count). The predicted octanol–water partition coefficient (Wildman–Crippen LogP) is 2.11. The summed E-state index contributed by atoms with van der Waals surface area (Å²) in [7, 11) is 0. The number of carbonyl (C=O) groups excluding carboxylic acids is 2. The highest BCUT2D eigenvalue weighted by atomic mass is 19.4. The van der Waals surface area contributed by atoms with Gasteiger partial charge in [-0.3, -0.25) is 9.59 Å². The van der Waals surface area contributed by atoms with E-state index in [1.165, 1.54) is 29.2 Å². The Kier molecular flexibility index (Phi) is 4.68. The molecule has 0 saturated carbocycles. The number of benzene rings is 1. The molecule has 0 atom stereocenters. The fourth-order valence-electron chi connectivity index (χ4n) is 2.30. The van der Waals surface area contributed by atoms with Gasteiger partial charge in [0.1, 0.15) is 5.82 Å². The molecule has 1 aliphatic heterocycles. The van der Waals surface area contributed by atoms with Crippen LogP contribution in [0.4, 0.5) is 17.6 Å². The van der Waals surface area contributed by atoms with Gasteiger partial charge in [0, 0.05) is 19.1 Å². The smallest absolute Gasteiger partial charge is 0.345 e. The molecule has 0 aromatic heterocycles. The third kappa shape index (κ3) is 3.75. The third-order valence-electron chi connectivity index (χ3n) is 3.48. The molecular weight excluding hydrogens is 304 g/mol. The van der Waals surface area contributed by atoms with Gasteiger partial charge in [0.05, 0.1) is 5.56 Å². The van der Waals surface area contributed by atoms with Crippen molar-refractivity contribution < 1.29 is 27.2 Å². The summed E-state index contributed by atoms with van der Waals surface area (Å²) in [6.45, 7) is 0.325. The molecule has 8 heteroatoms. The topological polar surface area (TPSA) is 49.4 Å². The predicted molar refractivity (Wildman–Crippen MR) is 69.5 cm³/mol. The number of nitrogens with zero attached hydrogens (tertiary/aromatic N) is 1. The minimum absolute atomic E-state index is 0.0692. The molecule has 1 aliphatic rings. The minimum atomic E-state index is -4.92. The summed E-state index contributed by atoms with van der Waals surface area (Å²) in [5.74, 6) is -3.12. The van der Waals surface area contributed by atoms with Crippen LogP contribution in [0.25, 0.3) is 0 Å². The van der Waals surface area contributed by atoms with Crippen LogP contribution in [0.15, 0.2) is 24.3 Å². The number of likely N-dealkylation sites (tertiary alicyclic amines) is 1. The second kappa shape index (κ2) is 6.33. The summed E-state index contributed by atoms with van der Waals surface area (Å²) in [6.07, 6.45) is -4.52. The van der Waals surface area contributed by atoms with Crippen molar-refractivity contribution in [1.29, 1.82) is 0 Å². The third-order valence-corrected chi connectivity index (χ3v) is 3.48. The van der Waals surface area contributed by atoms with Crippen LogP contribution in [0.1, 0.15) is 23.2 Å². The zero-order valence-electron chi connectivity index (χ0n) is 11.5. The Labute approximate surface area is 124 Å². The molecule has 0 spiro atoms. The van der Waals surface area contributed by atoms with Crippen molar-refractivity contribution in [2.24, 2.45) is 0 Å². The maximum absolute atomic E-state index is 13.5. The van der Waals surface area contributed by atoms with Gasteiger partial charge < -0.3 is 10.2 Å². The lowest BCUT2D eigenvalue weighted by Gasteiger charge is -2.32. The monoisotopic (exact) mass is 318 g/mol. The maximum atomic E-state index is 13.5. The molecule has 1 N–H and O–H groups in total. The van der Waals surface area contributed by atoms with Crippen LogP contribution in [0.5, 0.6) is 0 Å². The second-order valence-electron chi connectivity index (χ2n) is 5.02. The van der Waals surface area contributed by atoms with Crippen molar-refractivity contribution in [2.45, 2.75) is 25.1 Å². The van der Waals surface area contributed by atoms with Gasteiger partial charge in [-0.15, -0.1) is 0 Å². The van der Waals surface area contributed by atoms with Crippen LogP contribution < -0.4 is 5.32 Å². The number of hydrogen-bond acceptors (Lipinski definition) is 2. The molecule has 0 aliphatic carbocycles. The Balaban J connectivity index is 1.91. The van der Waals surface area contributed by atoms with Crippen LogP contribution in [-0.2, 0) is 4.79 Å². The van der Waals surface area contributed by atoms with Crippen molar-refractivity contribution in [3.8, 4) is 0 Å². The van der Waals surface area contributed by atoms with Gasteiger partial charge in [-0.05, 0) is 25.0 Å². The van der Waals surface area contributed by atoms with E-state index in [9.17, 15) is 27.2 Å². The van der Waals surface area contributed by atoms with E-state index in [2.05, 4.69) is 0 Å². The molecule has 1 aromatic carbocycles. The van der Waals surface area contributed by atoms with Crippen LogP contribution in [0.3, 0.4) is 0 Å². The molecule has 1 heterocycles. The fraction of sp³-hybridized carbons (Fsp3) is 0.429. The molecule has 4 nitrogen and oxygen atoms in total. The van der Waals surface area contributed by atoms with E-state index >= 15 is 0 Å². The molecule has 0 bridgehead atoms. The van der Waals surface area contributed by atoms with Crippen molar-refractivity contribution in [3.63, 3.8) is 0 Å². The lowest BCUT2D eigenvalue weighted by Crippen LogP contribution is -2.49. The summed E-state index contributed by atoms with van der Waals surface area (Å²) in [4.78, 5) is 24.3. The highest BCUT2D eigenvalue weighted by Crippen LogP contribution is 2.19. The summed E-state index contributed by atoms with van der Waals surface area (Å²) in [5.41, 5.74) is -0.0692. The van der Waals surface area contributed by atoms with E-state index in [0.29, 0.717) is 0 Å². The normalized spacial score (nSPS) is 16.5. The van der Waals surface area contributed by atoms with Gasteiger partial charge in [-0.2, -0.15) is 13.2 Å². The quantitative estimate of drug-likeness (QED) is 0.849. The van der Waals surface area contributed by atoms with E-state index in [4.69, 9.17) is 0 Å². The van der Waals surface area contributed by atoms with E-state index in [-0.39, 0.29) is 31.5 Å². The van der Waals surface area contributed by atoms with Crippen LogP contribution in [0.2, 0.25) is 0 Å². The highest BCUT2D eigenvalue weighted by molar-refractivity contribution is 5.94. The first-order valence-electron chi connectivity index (χ1n) is 6.70. The lowest BCUT2D eigenvalue weighted by atomic mass is 10.0. The lowest BCUT2D eigenvalue weighted by molar-refractivity contribution is -0.174. The summed E-state index contributed by atoms with van der Waals surface area (Å²) < 4.78 is 50.0. The molecule has 22 heavy (non-hydrogen) atoms. The van der Waals surface area contributed by atoms with Crippen LogP contribution in [-0.4, -0.2) is 42.0 Å². The molecule has 2 amide bonds. The first kappa shape index (κ1) is 16.3. The molecular formula is C14H14F4N2O2. The Morgan fingerprint density at radius 3 is 2.27 bits per heavy atom. The number of carbonyl (C=O) groups is 2. The van der Waals surface area contributed by atoms with Gasteiger partial charge in [-0.25, -0.2) is 4.39 Å². The maximum Gasteiger partial charge on any atom is 0.471 e. The first-order chi connectivity index (χ1) is 10.3. The van der Waals surface area contributed by atoms with Crippen molar-refractivity contribution in [1.82, 2.24) is 10.2 Å². The van der Waals surface area contributed by atoms with Crippen molar-refractivity contribution >= 4 is 11.8 Å². The molecule has 0 radical (unpaired) electrons. The Hall–Kier alpha value is -2.12. The van der Waals surface area contributed by atoms with Gasteiger partial charge in [-0.1, -0.05) is 12.1 Å². The summed E-state index contributed by atoms with van der Waals surface area (Å²) in [6, 6.07) is 4.88. The summed E-state index contributed by atoms with van der Waals surface area (Å²) in [5, 5.41) is 1.89. The molecule has 0 unspecified atom stereocenters. The minimum Gasteiger partial charge on any atom is -0.345 e. The zero-order chi connectivity index (χ0) is 16.3. The molecule has 1 saturated heterocycles. The molecule has 120 valence electrons. The number of piperidine rings is 1. The fourth-order valence-corrected chi connectivity index (χ4v) is 2.30. The van der Waals surface area contributed by atoms with E-state index in [1.54, 1.807) is 0 Å². The van der Waals surface area contributed by atoms with E-state index < -0.39 is 29.8 Å². The second-order valence-corrected chi connectivity index (χ2v) is 5.02. The van der Waals surface area contributed by atoms with Crippen molar-refractivity contribution in [2.75, 3.05) is 13.1 Å². The van der Waals surface area contributed by atoms with Crippen molar-refractivity contribution in [3.05, 3.63) is 35.6 Å². The Morgan fingerprint density at radius 2 is 1.73 bits per heavy atom. The summed E-state index contributed by atoms with van der Waals surface area (Å²) >= 11 is 0. The van der Waals surface area contributed by atoms with Gasteiger partial charge in [0.15, 0.2) is 0 Å². The molecule has 1 aromatic rings. The number of amides is 2. The van der Waals surface area contributed by atoms with Gasteiger partial charge in [0.2, 0.25) is 0 Å². The Morgan fingerprint density at radius 1 is 1.14 bits per heavy atom. The average Bonchev–Trinajstić information content (AvgIpc) is 2.47. The van der Waals surface area contributed by atoms with Crippen LogP contribution in [0, 0.1) is 5.82 Å². The first-order valence-corrected chi connectivity index (χ1v) is 6.70. The highest BCUT2D eigenvalue weighted by Gasteiger charge is 2.40. The SMILES string of the molecule is O=C(c1ccccc1F)N1CCC(NC(=O)C(F)(F)F)CC1. The molecule has 1 fully saturated rings. The van der Waals surface area contributed by atoms with Crippen LogP contribution >= 0.6 is 0 Å². The number of alkyl halides is 3. The van der Waals surface area contributed by atoms with E-state index in [1.807, 2.05) is 5.32 Å². The number of nitrogens with one attached hydrogen (secondary N) is 1. The standard InChI is InChI=1S/C14H14F4N2O2/c15-11-4-2-1-3-10(11)12(21)20-7-5-9(6-8-20)19-13(22)14(16,17)18/h1-4,9H,5-8H2,(H,19,22). The number of rotatable bonds is 2. The number of halogens is 4. The Bertz CT molecular complexity index is 566. The zero-order valence-corrected chi connectivity index (χ0v) is 11.5. The van der Waals surface area contributed by atoms with Gasteiger partial charge >= 0.3 is 12.1 Å². The van der Waals surface area contributed by atoms with Gasteiger partial charge in [0.25, 0.3) is 5.91 Å². The average molecular weight is 318 g/mol.